The highest BCUT2D eigenvalue weighted by Crippen LogP contribution is 2.31. The lowest BCUT2D eigenvalue weighted by atomic mass is 10.1. The first-order chi connectivity index (χ1) is 13.5. The number of rotatable bonds is 7. The van der Waals surface area contributed by atoms with Crippen LogP contribution in [0.25, 0.3) is 10.2 Å². The number of carbonyl (C=O) groups excluding carboxylic acids is 1. The highest BCUT2D eigenvalue weighted by Gasteiger charge is 2.22. The zero-order valence-corrected chi connectivity index (χ0v) is 18.7. The molecule has 0 spiro atoms. The van der Waals surface area contributed by atoms with Crippen LogP contribution < -0.4 is 4.90 Å². The van der Waals surface area contributed by atoms with E-state index in [2.05, 4.69) is 29.8 Å². The molecule has 8 heteroatoms. The Labute approximate surface area is 185 Å². The van der Waals surface area contributed by atoms with Crippen molar-refractivity contribution in [1.29, 1.82) is 5.26 Å². The SMILES string of the molecule is CCN(CC)CCN(C(=O)c1ccc(C#N)cc1)c1nc2ccc(Cl)cc2s1.Cl. The number of nitrogens with zero attached hydrogens (tertiary/aromatic N) is 4. The van der Waals surface area contributed by atoms with Crippen LogP contribution in [0.2, 0.25) is 5.02 Å². The molecule has 1 aromatic heterocycles. The molecule has 0 fully saturated rings. The summed E-state index contributed by atoms with van der Waals surface area (Å²) in [6.07, 6.45) is 0. The molecule has 0 aliphatic heterocycles. The molecule has 2 aromatic carbocycles. The molecular formula is C21H22Cl2N4OS. The molecular weight excluding hydrogens is 427 g/mol. The standard InChI is InChI=1S/C21H21ClN4OS.ClH/c1-3-25(4-2)11-12-26(20(27)16-7-5-15(14-23)6-8-16)21-24-18-10-9-17(22)13-19(18)28-21;/h5-10,13H,3-4,11-12H2,1-2H3;1H. The van der Waals surface area contributed by atoms with Gasteiger partial charge in [-0.15, -0.1) is 12.4 Å². The van der Waals surface area contributed by atoms with Crippen molar-refractivity contribution in [2.24, 2.45) is 0 Å². The Morgan fingerprint density at radius 1 is 1.14 bits per heavy atom. The Kier molecular flexibility index (Phi) is 8.42. The van der Waals surface area contributed by atoms with Crippen molar-refractivity contribution in [3.63, 3.8) is 0 Å². The smallest absolute Gasteiger partial charge is 0.260 e. The number of hydrogen-bond acceptors (Lipinski definition) is 5. The van der Waals surface area contributed by atoms with Crippen LogP contribution in [0.15, 0.2) is 42.5 Å². The number of anilines is 1. The van der Waals surface area contributed by atoms with Gasteiger partial charge in [0.1, 0.15) is 0 Å². The molecule has 3 rings (SSSR count). The second kappa shape index (κ2) is 10.6. The number of carbonyl (C=O) groups is 1. The minimum absolute atomic E-state index is 0. The van der Waals surface area contributed by atoms with Crippen molar-refractivity contribution in [3.8, 4) is 6.07 Å². The summed E-state index contributed by atoms with van der Waals surface area (Å²) < 4.78 is 0.947. The van der Waals surface area contributed by atoms with Crippen LogP contribution in [0.3, 0.4) is 0 Å². The molecule has 0 radical (unpaired) electrons. The van der Waals surface area contributed by atoms with E-state index in [9.17, 15) is 4.79 Å². The average molecular weight is 449 g/mol. The summed E-state index contributed by atoms with van der Waals surface area (Å²) in [5, 5.41) is 10.3. The molecule has 1 amide bonds. The van der Waals surface area contributed by atoms with Crippen LogP contribution in [-0.2, 0) is 0 Å². The highest BCUT2D eigenvalue weighted by molar-refractivity contribution is 7.22. The topological polar surface area (TPSA) is 60.2 Å². The summed E-state index contributed by atoms with van der Waals surface area (Å²) in [6.45, 7) is 7.35. The molecule has 0 unspecified atom stereocenters. The van der Waals surface area contributed by atoms with Gasteiger partial charge in [-0.25, -0.2) is 4.98 Å². The number of fused-ring (bicyclic) bond motifs is 1. The number of hydrogen-bond donors (Lipinski definition) is 0. The van der Waals surface area contributed by atoms with Crippen molar-refractivity contribution in [2.45, 2.75) is 13.8 Å². The molecule has 0 saturated heterocycles. The first kappa shape index (κ1) is 23.1. The fourth-order valence-electron chi connectivity index (χ4n) is 2.91. The van der Waals surface area contributed by atoms with E-state index in [0.29, 0.717) is 27.8 Å². The van der Waals surface area contributed by atoms with Crippen molar-refractivity contribution < 1.29 is 4.79 Å². The predicted octanol–water partition coefficient (Wildman–Crippen LogP) is 5.23. The van der Waals surface area contributed by atoms with Gasteiger partial charge in [-0.05, 0) is 55.6 Å². The van der Waals surface area contributed by atoms with Crippen LogP contribution >= 0.6 is 35.3 Å². The zero-order chi connectivity index (χ0) is 20.1. The Morgan fingerprint density at radius 3 is 2.45 bits per heavy atom. The Balaban J connectivity index is 0.00000300. The fourth-order valence-corrected chi connectivity index (χ4v) is 4.18. The van der Waals surface area contributed by atoms with Crippen LogP contribution in [0.5, 0.6) is 0 Å². The maximum atomic E-state index is 13.2. The van der Waals surface area contributed by atoms with Crippen molar-refractivity contribution in [2.75, 3.05) is 31.1 Å². The summed E-state index contributed by atoms with van der Waals surface area (Å²) >= 11 is 7.56. The molecule has 0 aliphatic carbocycles. The van der Waals surface area contributed by atoms with Crippen LogP contribution in [0, 0.1) is 11.3 Å². The summed E-state index contributed by atoms with van der Waals surface area (Å²) in [7, 11) is 0. The maximum Gasteiger partial charge on any atom is 0.260 e. The quantitative estimate of drug-likeness (QED) is 0.496. The maximum absolute atomic E-state index is 13.2. The number of amides is 1. The van der Waals surface area contributed by atoms with Crippen molar-refractivity contribution in [3.05, 3.63) is 58.6 Å². The van der Waals surface area contributed by atoms with Gasteiger partial charge in [0, 0.05) is 23.7 Å². The van der Waals surface area contributed by atoms with Gasteiger partial charge in [-0.3, -0.25) is 9.69 Å². The molecule has 1 heterocycles. The molecule has 0 N–H and O–H groups in total. The highest BCUT2D eigenvalue weighted by atomic mass is 35.5. The van der Waals surface area contributed by atoms with Crippen LogP contribution in [-0.4, -0.2) is 42.0 Å². The van der Waals surface area contributed by atoms with E-state index < -0.39 is 0 Å². The third-order valence-corrected chi connectivity index (χ3v) is 5.89. The monoisotopic (exact) mass is 448 g/mol. The normalized spacial score (nSPS) is 10.6. The fraction of sp³-hybridized carbons (Fsp3) is 0.286. The molecule has 0 atom stereocenters. The van der Waals surface area contributed by atoms with E-state index in [1.807, 2.05) is 12.1 Å². The first-order valence-corrected chi connectivity index (χ1v) is 10.4. The number of aromatic nitrogens is 1. The van der Waals surface area contributed by atoms with Crippen LogP contribution in [0.1, 0.15) is 29.8 Å². The van der Waals surface area contributed by atoms with Crippen LogP contribution in [0.4, 0.5) is 5.13 Å². The number of halogens is 2. The zero-order valence-electron chi connectivity index (χ0n) is 16.3. The number of benzene rings is 2. The van der Waals surface area contributed by atoms with E-state index >= 15 is 0 Å². The lowest BCUT2D eigenvalue weighted by molar-refractivity contribution is 0.0984. The molecule has 0 bridgehead atoms. The molecule has 29 heavy (non-hydrogen) atoms. The summed E-state index contributed by atoms with van der Waals surface area (Å²) in [6, 6.07) is 14.3. The van der Waals surface area contributed by atoms with Gasteiger partial charge in [-0.1, -0.05) is 36.8 Å². The summed E-state index contributed by atoms with van der Waals surface area (Å²) in [4.78, 5) is 21.9. The van der Waals surface area contributed by atoms with E-state index in [0.717, 1.165) is 29.9 Å². The predicted molar refractivity (Wildman–Crippen MR) is 122 cm³/mol. The summed E-state index contributed by atoms with van der Waals surface area (Å²) in [5.74, 6) is -0.123. The van der Waals surface area contributed by atoms with E-state index in [-0.39, 0.29) is 18.3 Å². The Morgan fingerprint density at radius 2 is 1.83 bits per heavy atom. The van der Waals surface area contributed by atoms with Crippen molar-refractivity contribution in [1.82, 2.24) is 9.88 Å². The first-order valence-electron chi connectivity index (χ1n) is 9.16. The van der Waals surface area contributed by atoms with Gasteiger partial charge in [0.25, 0.3) is 5.91 Å². The van der Waals surface area contributed by atoms with Crippen molar-refractivity contribution >= 4 is 56.6 Å². The second-order valence-electron chi connectivity index (χ2n) is 6.28. The summed E-state index contributed by atoms with van der Waals surface area (Å²) in [5.41, 5.74) is 1.89. The molecule has 3 aromatic rings. The molecule has 152 valence electrons. The Bertz CT molecular complexity index is 1010. The van der Waals surface area contributed by atoms with Gasteiger partial charge in [0.15, 0.2) is 5.13 Å². The van der Waals surface area contributed by atoms with E-state index in [1.165, 1.54) is 11.3 Å². The third kappa shape index (κ3) is 5.46. The van der Waals surface area contributed by atoms with E-state index in [4.69, 9.17) is 16.9 Å². The minimum atomic E-state index is -0.123. The molecule has 5 nitrogen and oxygen atoms in total. The third-order valence-electron chi connectivity index (χ3n) is 4.61. The lowest BCUT2D eigenvalue weighted by Crippen LogP contribution is -2.38. The van der Waals surface area contributed by atoms with E-state index in [1.54, 1.807) is 35.2 Å². The van der Waals surface area contributed by atoms with Gasteiger partial charge in [0.05, 0.1) is 21.8 Å². The Hall–Kier alpha value is -2.17. The number of likely N-dealkylation sites (N-methyl/N-ethyl adjacent to an activating group) is 1. The van der Waals surface area contributed by atoms with Gasteiger partial charge in [0.2, 0.25) is 0 Å². The number of nitriles is 1. The average Bonchev–Trinajstić information content (AvgIpc) is 3.13. The lowest BCUT2D eigenvalue weighted by Gasteiger charge is -2.24. The molecule has 0 saturated carbocycles. The second-order valence-corrected chi connectivity index (χ2v) is 7.73. The largest absolute Gasteiger partial charge is 0.302 e. The number of thiazole rings is 1. The minimum Gasteiger partial charge on any atom is -0.302 e. The van der Waals surface area contributed by atoms with Gasteiger partial charge in [-0.2, -0.15) is 5.26 Å². The van der Waals surface area contributed by atoms with Gasteiger partial charge < -0.3 is 4.90 Å². The van der Waals surface area contributed by atoms with Gasteiger partial charge >= 0.3 is 0 Å². The molecule has 0 aliphatic rings.